The van der Waals surface area contributed by atoms with Gasteiger partial charge in [-0.1, -0.05) is 6.07 Å². The van der Waals surface area contributed by atoms with Gasteiger partial charge in [0, 0.05) is 12.1 Å². The summed E-state index contributed by atoms with van der Waals surface area (Å²) in [6.07, 6.45) is 0. The van der Waals surface area contributed by atoms with Crippen LogP contribution in [0.25, 0.3) is 0 Å². The molecule has 0 unspecified atom stereocenters. The minimum atomic E-state index is -3.89. The highest BCUT2D eigenvalue weighted by Gasteiger charge is 2.21. The molecule has 0 aliphatic rings. The number of hydrogen-bond donors (Lipinski definition) is 1. The van der Waals surface area contributed by atoms with Crippen LogP contribution in [0.15, 0.2) is 41.3 Å². The van der Waals surface area contributed by atoms with Crippen LogP contribution in [0.4, 0.5) is 8.78 Å². The first-order valence-corrected chi connectivity index (χ1v) is 8.46. The SMILES string of the molecule is COc1ccc(S(=O)(=O)N[C@@H](C)c2ccc(F)c(F)c2)cc1OC. The van der Waals surface area contributed by atoms with Crippen LogP contribution in [-0.4, -0.2) is 22.6 Å². The van der Waals surface area contributed by atoms with Crippen LogP contribution in [0.3, 0.4) is 0 Å². The zero-order valence-corrected chi connectivity index (χ0v) is 14.2. The first-order valence-electron chi connectivity index (χ1n) is 6.98. The fraction of sp³-hybridized carbons (Fsp3) is 0.250. The normalized spacial score (nSPS) is 12.7. The topological polar surface area (TPSA) is 64.6 Å². The van der Waals surface area contributed by atoms with Crippen molar-refractivity contribution in [2.24, 2.45) is 0 Å². The number of sulfonamides is 1. The second-order valence-electron chi connectivity index (χ2n) is 5.03. The van der Waals surface area contributed by atoms with Crippen LogP contribution in [0.1, 0.15) is 18.5 Å². The first-order chi connectivity index (χ1) is 11.3. The van der Waals surface area contributed by atoms with Gasteiger partial charge in [-0.3, -0.25) is 0 Å². The van der Waals surface area contributed by atoms with Crippen molar-refractivity contribution in [3.63, 3.8) is 0 Å². The van der Waals surface area contributed by atoms with E-state index in [1.807, 2.05) is 0 Å². The Hall–Kier alpha value is -2.19. The van der Waals surface area contributed by atoms with Crippen molar-refractivity contribution in [1.82, 2.24) is 4.72 Å². The standard InChI is InChI=1S/C16H17F2NO4S/c1-10(11-4-6-13(17)14(18)8-11)19-24(20,21)12-5-7-15(22-2)16(9-12)23-3/h4-10,19H,1-3H3/t10-/m0/s1. The Morgan fingerprint density at radius 1 is 0.958 bits per heavy atom. The van der Waals surface area contributed by atoms with Crippen molar-refractivity contribution in [2.45, 2.75) is 17.9 Å². The second kappa shape index (κ2) is 7.14. The van der Waals surface area contributed by atoms with E-state index >= 15 is 0 Å². The van der Waals surface area contributed by atoms with E-state index in [0.717, 1.165) is 12.1 Å². The molecule has 0 aliphatic carbocycles. The van der Waals surface area contributed by atoms with Gasteiger partial charge in [-0.05, 0) is 36.8 Å². The van der Waals surface area contributed by atoms with Crippen LogP contribution in [0.5, 0.6) is 11.5 Å². The first kappa shape index (κ1) is 18.2. The highest BCUT2D eigenvalue weighted by Crippen LogP contribution is 2.30. The van der Waals surface area contributed by atoms with E-state index in [9.17, 15) is 17.2 Å². The van der Waals surface area contributed by atoms with E-state index in [1.54, 1.807) is 0 Å². The van der Waals surface area contributed by atoms with Crippen molar-refractivity contribution in [2.75, 3.05) is 14.2 Å². The lowest BCUT2D eigenvalue weighted by molar-refractivity contribution is 0.354. The highest BCUT2D eigenvalue weighted by atomic mass is 32.2. The van der Waals surface area contributed by atoms with Crippen molar-refractivity contribution in [1.29, 1.82) is 0 Å². The Bertz CT molecular complexity index is 840. The van der Waals surface area contributed by atoms with Gasteiger partial charge < -0.3 is 9.47 Å². The van der Waals surface area contributed by atoms with Crippen molar-refractivity contribution in [3.05, 3.63) is 53.6 Å². The number of methoxy groups -OCH3 is 2. The Morgan fingerprint density at radius 3 is 2.21 bits per heavy atom. The molecule has 0 saturated carbocycles. The molecule has 0 saturated heterocycles. The van der Waals surface area contributed by atoms with Gasteiger partial charge in [0.25, 0.3) is 0 Å². The number of nitrogens with one attached hydrogen (secondary N) is 1. The molecule has 2 aromatic carbocycles. The summed E-state index contributed by atoms with van der Waals surface area (Å²) in [5, 5.41) is 0. The predicted octanol–water partition coefficient (Wildman–Crippen LogP) is 3.02. The molecule has 1 N–H and O–H groups in total. The maximum Gasteiger partial charge on any atom is 0.241 e. The molecule has 5 nitrogen and oxygen atoms in total. The smallest absolute Gasteiger partial charge is 0.241 e. The minimum absolute atomic E-state index is 0.0328. The van der Waals surface area contributed by atoms with E-state index < -0.39 is 27.7 Å². The highest BCUT2D eigenvalue weighted by molar-refractivity contribution is 7.89. The molecule has 0 amide bonds. The monoisotopic (exact) mass is 357 g/mol. The van der Waals surface area contributed by atoms with E-state index in [-0.39, 0.29) is 10.6 Å². The van der Waals surface area contributed by atoms with E-state index in [1.165, 1.54) is 45.4 Å². The Kier molecular flexibility index (Phi) is 5.40. The maximum absolute atomic E-state index is 13.3. The lowest BCUT2D eigenvalue weighted by Crippen LogP contribution is -2.27. The van der Waals surface area contributed by atoms with Gasteiger partial charge >= 0.3 is 0 Å². The summed E-state index contributed by atoms with van der Waals surface area (Å²) >= 11 is 0. The summed E-state index contributed by atoms with van der Waals surface area (Å²) in [4.78, 5) is -0.0328. The van der Waals surface area contributed by atoms with Crippen molar-refractivity contribution in [3.8, 4) is 11.5 Å². The number of ether oxygens (including phenoxy) is 2. The molecule has 8 heteroatoms. The molecular weight excluding hydrogens is 340 g/mol. The van der Waals surface area contributed by atoms with Gasteiger partial charge in [-0.25, -0.2) is 21.9 Å². The van der Waals surface area contributed by atoms with Crippen LogP contribution < -0.4 is 14.2 Å². The van der Waals surface area contributed by atoms with Crippen molar-refractivity contribution >= 4 is 10.0 Å². The minimum Gasteiger partial charge on any atom is -0.493 e. The number of benzene rings is 2. The molecule has 2 aromatic rings. The zero-order chi connectivity index (χ0) is 17.9. The average Bonchev–Trinajstić information content (AvgIpc) is 2.56. The van der Waals surface area contributed by atoms with Crippen LogP contribution in [0.2, 0.25) is 0 Å². The molecule has 0 heterocycles. The lowest BCUT2D eigenvalue weighted by Gasteiger charge is -2.16. The molecule has 0 bridgehead atoms. The second-order valence-corrected chi connectivity index (χ2v) is 6.75. The molecule has 130 valence electrons. The van der Waals surface area contributed by atoms with Gasteiger partial charge in [0.15, 0.2) is 23.1 Å². The number of hydrogen-bond acceptors (Lipinski definition) is 4. The summed E-state index contributed by atoms with van der Waals surface area (Å²) in [6, 6.07) is 6.62. The summed E-state index contributed by atoms with van der Waals surface area (Å²) in [5.41, 5.74) is 0.304. The largest absolute Gasteiger partial charge is 0.493 e. The summed E-state index contributed by atoms with van der Waals surface area (Å²) in [6.45, 7) is 1.53. The summed E-state index contributed by atoms with van der Waals surface area (Å²) in [5.74, 6) is -1.37. The quantitative estimate of drug-likeness (QED) is 0.863. The third kappa shape index (κ3) is 3.82. The van der Waals surface area contributed by atoms with Crippen LogP contribution in [0, 0.1) is 11.6 Å². The molecule has 0 aromatic heterocycles. The molecule has 0 spiro atoms. The van der Waals surface area contributed by atoms with Gasteiger partial charge in [0.05, 0.1) is 19.1 Å². The maximum atomic E-state index is 13.3. The molecule has 0 aliphatic heterocycles. The van der Waals surface area contributed by atoms with Gasteiger partial charge in [0.1, 0.15) is 0 Å². The van der Waals surface area contributed by atoms with Gasteiger partial charge in [0.2, 0.25) is 10.0 Å². The van der Waals surface area contributed by atoms with Crippen molar-refractivity contribution < 1.29 is 26.7 Å². The molecule has 0 radical (unpaired) electrons. The Morgan fingerprint density at radius 2 is 1.62 bits per heavy atom. The van der Waals surface area contributed by atoms with Crippen LogP contribution in [-0.2, 0) is 10.0 Å². The van der Waals surface area contributed by atoms with E-state index in [0.29, 0.717) is 11.3 Å². The number of halogens is 2. The predicted molar refractivity (Wildman–Crippen MR) is 84.6 cm³/mol. The summed E-state index contributed by atoms with van der Waals surface area (Å²) in [7, 11) is -1.06. The fourth-order valence-electron chi connectivity index (χ4n) is 2.13. The Balaban J connectivity index is 2.28. The lowest BCUT2D eigenvalue weighted by atomic mass is 10.1. The van der Waals surface area contributed by atoms with E-state index in [4.69, 9.17) is 9.47 Å². The molecule has 0 fully saturated rings. The fourth-order valence-corrected chi connectivity index (χ4v) is 3.38. The average molecular weight is 357 g/mol. The van der Waals surface area contributed by atoms with Crippen LogP contribution >= 0.6 is 0 Å². The van der Waals surface area contributed by atoms with Gasteiger partial charge in [-0.2, -0.15) is 0 Å². The molecule has 24 heavy (non-hydrogen) atoms. The third-order valence-electron chi connectivity index (χ3n) is 3.44. The van der Waals surface area contributed by atoms with Gasteiger partial charge in [-0.15, -0.1) is 0 Å². The molecule has 2 rings (SSSR count). The summed E-state index contributed by atoms with van der Waals surface area (Å²) < 4.78 is 63.8. The Labute approximate surface area is 139 Å². The zero-order valence-electron chi connectivity index (χ0n) is 13.3. The number of rotatable bonds is 6. The third-order valence-corrected chi connectivity index (χ3v) is 4.98. The van der Waals surface area contributed by atoms with E-state index in [2.05, 4.69) is 4.72 Å². The molecular formula is C16H17F2NO4S. The molecule has 1 atom stereocenters.